The normalized spacial score (nSPS) is 18.2. The van der Waals surface area contributed by atoms with E-state index in [0.29, 0.717) is 30.8 Å². The summed E-state index contributed by atoms with van der Waals surface area (Å²) in [7, 11) is 0. The molecule has 1 unspecified atom stereocenters. The van der Waals surface area contributed by atoms with Gasteiger partial charge in [0.25, 0.3) is 0 Å². The average molecular weight is 370 g/mol. The predicted octanol–water partition coefficient (Wildman–Crippen LogP) is 3.79. The number of benzene rings is 2. The second kappa shape index (κ2) is 7.50. The molecule has 0 spiro atoms. The standard InChI is InChI=1S/C20H22N2O3S/c1-2-15-12-22(16-5-3-4-6-19(16)26-15)13-20(23)21-14-7-8-17-18(11-14)25-10-9-24-17/h3-8,11,15H,2,9-10,12-13H2,1H3,(H,21,23). The van der Waals surface area contributed by atoms with E-state index >= 15 is 0 Å². The van der Waals surface area contributed by atoms with Crippen LogP contribution in [0, 0.1) is 0 Å². The van der Waals surface area contributed by atoms with E-state index in [1.165, 1.54) is 4.90 Å². The van der Waals surface area contributed by atoms with Gasteiger partial charge in [0.1, 0.15) is 13.2 Å². The van der Waals surface area contributed by atoms with Gasteiger partial charge in [0.05, 0.1) is 12.2 Å². The maximum atomic E-state index is 12.6. The number of rotatable bonds is 4. The number of para-hydroxylation sites is 1. The molecule has 2 heterocycles. The molecule has 1 amide bonds. The van der Waals surface area contributed by atoms with Gasteiger partial charge in [0.15, 0.2) is 11.5 Å². The summed E-state index contributed by atoms with van der Waals surface area (Å²) in [5.74, 6) is 1.38. The molecular weight excluding hydrogens is 348 g/mol. The molecule has 2 aromatic carbocycles. The summed E-state index contributed by atoms with van der Waals surface area (Å²) < 4.78 is 11.1. The van der Waals surface area contributed by atoms with Gasteiger partial charge in [0, 0.05) is 28.4 Å². The largest absolute Gasteiger partial charge is 0.486 e. The first kappa shape index (κ1) is 17.1. The topological polar surface area (TPSA) is 50.8 Å². The zero-order chi connectivity index (χ0) is 17.9. The number of thioether (sulfide) groups is 1. The molecule has 2 aromatic rings. The predicted molar refractivity (Wildman–Crippen MR) is 105 cm³/mol. The fourth-order valence-corrected chi connectivity index (χ4v) is 4.49. The first-order chi connectivity index (χ1) is 12.7. The van der Waals surface area contributed by atoms with Crippen molar-refractivity contribution in [1.29, 1.82) is 0 Å². The Kier molecular flexibility index (Phi) is 4.93. The van der Waals surface area contributed by atoms with Crippen LogP contribution in [0.5, 0.6) is 11.5 Å². The monoisotopic (exact) mass is 370 g/mol. The maximum Gasteiger partial charge on any atom is 0.243 e. The number of carbonyl (C=O) groups is 1. The Morgan fingerprint density at radius 3 is 2.85 bits per heavy atom. The second-order valence-corrected chi connectivity index (χ2v) is 7.75. The van der Waals surface area contributed by atoms with Gasteiger partial charge in [-0.05, 0) is 30.7 Å². The molecule has 1 N–H and O–H groups in total. The molecule has 0 aliphatic carbocycles. The van der Waals surface area contributed by atoms with Gasteiger partial charge in [-0.3, -0.25) is 4.79 Å². The number of anilines is 2. The molecule has 1 atom stereocenters. The third kappa shape index (κ3) is 3.60. The zero-order valence-electron chi connectivity index (χ0n) is 14.7. The van der Waals surface area contributed by atoms with Gasteiger partial charge in [-0.1, -0.05) is 19.1 Å². The molecule has 26 heavy (non-hydrogen) atoms. The molecule has 5 nitrogen and oxygen atoms in total. The summed E-state index contributed by atoms with van der Waals surface area (Å²) in [6.45, 7) is 4.50. The Labute approximate surface area is 157 Å². The number of amides is 1. The molecule has 6 heteroatoms. The van der Waals surface area contributed by atoms with E-state index in [9.17, 15) is 4.79 Å². The first-order valence-corrected chi connectivity index (χ1v) is 9.81. The van der Waals surface area contributed by atoms with Gasteiger partial charge < -0.3 is 19.7 Å². The van der Waals surface area contributed by atoms with Crippen LogP contribution in [0.3, 0.4) is 0 Å². The molecule has 0 fully saturated rings. The van der Waals surface area contributed by atoms with Crippen LogP contribution in [0.1, 0.15) is 13.3 Å². The fourth-order valence-electron chi connectivity index (χ4n) is 3.24. The number of nitrogens with zero attached hydrogens (tertiary/aromatic N) is 1. The highest BCUT2D eigenvalue weighted by atomic mass is 32.2. The van der Waals surface area contributed by atoms with Crippen LogP contribution < -0.4 is 19.7 Å². The molecule has 0 saturated heterocycles. The van der Waals surface area contributed by atoms with Crippen molar-refractivity contribution in [2.45, 2.75) is 23.5 Å². The molecule has 2 aliphatic rings. The van der Waals surface area contributed by atoms with E-state index in [4.69, 9.17) is 9.47 Å². The highest BCUT2D eigenvalue weighted by molar-refractivity contribution is 8.00. The molecule has 2 aliphatic heterocycles. The third-order valence-electron chi connectivity index (χ3n) is 4.54. The lowest BCUT2D eigenvalue weighted by atomic mass is 10.2. The molecule has 4 rings (SSSR count). The quantitative estimate of drug-likeness (QED) is 0.887. The van der Waals surface area contributed by atoms with Crippen molar-refractivity contribution in [2.24, 2.45) is 0 Å². The molecule has 0 radical (unpaired) electrons. The van der Waals surface area contributed by atoms with Crippen LogP contribution >= 0.6 is 11.8 Å². The van der Waals surface area contributed by atoms with Gasteiger partial charge in [-0.2, -0.15) is 0 Å². The average Bonchev–Trinajstić information content (AvgIpc) is 2.67. The van der Waals surface area contributed by atoms with Crippen molar-refractivity contribution in [3.8, 4) is 11.5 Å². The molecule has 136 valence electrons. The molecular formula is C20H22N2O3S. The van der Waals surface area contributed by atoms with Crippen molar-refractivity contribution >= 4 is 29.0 Å². The Balaban J connectivity index is 1.46. The Bertz CT molecular complexity index is 811. The summed E-state index contributed by atoms with van der Waals surface area (Å²) in [4.78, 5) is 16.0. The summed E-state index contributed by atoms with van der Waals surface area (Å²) in [6, 6.07) is 13.8. The number of carbonyl (C=O) groups excluding carboxylic acids is 1. The lowest BCUT2D eigenvalue weighted by Crippen LogP contribution is -2.40. The maximum absolute atomic E-state index is 12.6. The highest BCUT2D eigenvalue weighted by Gasteiger charge is 2.25. The van der Waals surface area contributed by atoms with Gasteiger partial charge in [0.2, 0.25) is 5.91 Å². The Morgan fingerprint density at radius 1 is 1.19 bits per heavy atom. The number of hydrogen-bond acceptors (Lipinski definition) is 5. The lowest BCUT2D eigenvalue weighted by molar-refractivity contribution is -0.115. The zero-order valence-corrected chi connectivity index (χ0v) is 15.6. The number of ether oxygens (including phenoxy) is 2. The summed E-state index contributed by atoms with van der Waals surface area (Å²) >= 11 is 1.90. The van der Waals surface area contributed by atoms with Crippen LogP contribution in [-0.2, 0) is 4.79 Å². The molecule has 0 saturated carbocycles. The number of nitrogens with one attached hydrogen (secondary N) is 1. The minimum Gasteiger partial charge on any atom is -0.486 e. The van der Waals surface area contributed by atoms with Gasteiger partial charge in [-0.15, -0.1) is 11.8 Å². The van der Waals surface area contributed by atoms with Gasteiger partial charge in [-0.25, -0.2) is 0 Å². The van der Waals surface area contributed by atoms with E-state index in [-0.39, 0.29) is 5.91 Å². The van der Waals surface area contributed by atoms with E-state index in [0.717, 1.165) is 30.1 Å². The van der Waals surface area contributed by atoms with Crippen LogP contribution in [-0.4, -0.2) is 37.5 Å². The molecule has 0 aromatic heterocycles. The van der Waals surface area contributed by atoms with Crippen LogP contribution in [0.15, 0.2) is 47.4 Å². The second-order valence-electron chi connectivity index (χ2n) is 6.40. The van der Waals surface area contributed by atoms with Crippen LogP contribution in [0.25, 0.3) is 0 Å². The van der Waals surface area contributed by atoms with E-state index in [1.54, 1.807) is 0 Å². The SMILES string of the molecule is CCC1CN(CC(=O)Nc2ccc3c(c2)OCCO3)c2ccccc2S1. The smallest absolute Gasteiger partial charge is 0.243 e. The van der Waals surface area contributed by atoms with Crippen LogP contribution in [0.2, 0.25) is 0 Å². The third-order valence-corrected chi connectivity index (χ3v) is 5.95. The Morgan fingerprint density at radius 2 is 2.00 bits per heavy atom. The summed E-state index contributed by atoms with van der Waals surface area (Å²) in [5, 5.41) is 3.49. The van der Waals surface area contributed by atoms with Crippen molar-refractivity contribution in [3.05, 3.63) is 42.5 Å². The van der Waals surface area contributed by atoms with Crippen molar-refractivity contribution in [2.75, 3.05) is 36.5 Å². The summed E-state index contributed by atoms with van der Waals surface area (Å²) in [5.41, 5.74) is 1.87. The first-order valence-electron chi connectivity index (χ1n) is 8.93. The lowest BCUT2D eigenvalue weighted by Gasteiger charge is -2.34. The minimum absolute atomic E-state index is 0.0294. The fraction of sp³-hybridized carbons (Fsp3) is 0.350. The molecule has 0 bridgehead atoms. The minimum atomic E-state index is -0.0294. The van der Waals surface area contributed by atoms with Crippen molar-refractivity contribution in [1.82, 2.24) is 0 Å². The number of hydrogen-bond donors (Lipinski definition) is 1. The van der Waals surface area contributed by atoms with Gasteiger partial charge >= 0.3 is 0 Å². The Hall–Kier alpha value is -2.34. The van der Waals surface area contributed by atoms with E-state index < -0.39 is 0 Å². The van der Waals surface area contributed by atoms with E-state index in [1.807, 2.05) is 36.0 Å². The van der Waals surface area contributed by atoms with Crippen LogP contribution in [0.4, 0.5) is 11.4 Å². The number of fused-ring (bicyclic) bond motifs is 2. The van der Waals surface area contributed by atoms with Crippen molar-refractivity contribution in [3.63, 3.8) is 0 Å². The van der Waals surface area contributed by atoms with Crippen molar-refractivity contribution < 1.29 is 14.3 Å². The highest BCUT2D eigenvalue weighted by Crippen LogP contribution is 2.39. The summed E-state index contributed by atoms with van der Waals surface area (Å²) in [6.07, 6.45) is 1.08. The van der Waals surface area contributed by atoms with E-state index in [2.05, 4.69) is 35.3 Å².